The van der Waals surface area contributed by atoms with Crippen LogP contribution in [0.15, 0.2) is 72.8 Å². The summed E-state index contributed by atoms with van der Waals surface area (Å²) in [4.78, 5) is 3.18. The van der Waals surface area contributed by atoms with Crippen LogP contribution in [0, 0.1) is 23.2 Å². The molecule has 0 radical (unpaired) electrons. The summed E-state index contributed by atoms with van der Waals surface area (Å²) in [6.45, 7) is 0. The van der Waals surface area contributed by atoms with Gasteiger partial charge in [0.1, 0.15) is 0 Å². The van der Waals surface area contributed by atoms with Crippen LogP contribution in [0.4, 0.5) is 0 Å². The van der Waals surface area contributed by atoms with Crippen LogP contribution in [0.3, 0.4) is 0 Å². The predicted octanol–water partition coefficient (Wildman–Crippen LogP) is 9.06. The first-order chi connectivity index (χ1) is 19.8. The molecular weight excluding hydrogens is 504 g/mol. The molecule has 3 aromatic rings. The van der Waals surface area contributed by atoms with Crippen molar-refractivity contribution in [2.45, 2.75) is 98.8 Å². The maximum atomic E-state index is 9.17. The van der Waals surface area contributed by atoms with E-state index >= 15 is 0 Å². The number of nitrogens with zero attached hydrogens (tertiary/aromatic N) is 2. The topological polar surface area (TPSA) is 27.0 Å². The molecule has 2 saturated heterocycles. The summed E-state index contributed by atoms with van der Waals surface area (Å²) in [6.07, 6.45) is 14.4. The van der Waals surface area contributed by atoms with Crippen molar-refractivity contribution in [2.24, 2.45) is 11.8 Å². The lowest BCUT2D eigenvalue weighted by Gasteiger charge is -2.53. The molecule has 0 aromatic heterocycles. The lowest BCUT2D eigenvalue weighted by atomic mass is 9.69. The number of hydrogen-bond donors (Lipinski definition) is 0. The molecule has 2 heterocycles. The van der Waals surface area contributed by atoms with Gasteiger partial charge >= 0.3 is 0 Å². The van der Waals surface area contributed by atoms with Gasteiger partial charge < -0.3 is 0 Å². The van der Waals surface area contributed by atoms with Crippen molar-refractivity contribution in [1.29, 1.82) is 5.26 Å². The van der Waals surface area contributed by atoms with Crippen molar-refractivity contribution >= 4 is 11.8 Å². The Morgan fingerprint density at radius 2 is 1.40 bits per heavy atom. The maximum absolute atomic E-state index is 9.17. The second-order valence-electron chi connectivity index (χ2n) is 13.2. The van der Waals surface area contributed by atoms with Gasteiger partial charge in [0.15, 0.2) is 0 Å². The summed E-state index contributed by atoms with van der Waals surface area (Å²) in [5.74, 6) is 2.53. The number of benzene rings is 3. The first-order valence-corrected chi connectivity index (χ1v) is 16.8. The lowest BCUT2D eigenvalue weighted by molar-refractivity contribution is 0.0606. The average Bonchev–Trinajstić information content (AvgIpc) is 3.36. The van der Waals surface area contributed by atoms with E-state index < -0.39 is 0 Å². The van der Waals surface area contributed by atoms with E-state index in [9.17, 15) is 0 Å². The summed E-state index contributed by atoms with van der Waals surface area (Å²) in [7, 11) is 0. The molecule has 0 spiro atoms. The Balaban J connectivity index is 1.05. The molecule has 0 N–H and O–H groups in total. The number of rotatable bonds is 3. The van der Waals surface area contributed by atoms with E-state index in [1.807, 2.05) is 12.1 Å². The van der Waals surface area contributed by atoms with Gasteiger partial charge in [0.05, 0.1) is 11.6 Å². The Bertz CT molecular complexity index is 1420. The van der Waals surface area contributed by atoms with Gasteiger partial charge in [-0.05, 0) is 109 Å². The molecule has 3 aliphatic carbocycles. The molecular formula is C37H40N2S. The molecule has 8 atom stereocenters. The average molecular weight is 545 g/mol. The van der Waals surface area contributed by atoms with E-state index in [1.54, 1.807) is 5.56 Å². The predicted molar refractivity (Wildman–Crippen MR) is 166 cm³/mol. The zero-order valence-corrected chi connectivity index (χ0v) is 24.2. The second kappa shape index (κ2) is 10.4. The van der Waals surface area contributed by atoms with Gasteiger partial charge in [-0.2, -0.15) is 17.0 Å². The minimum Gasteiger partial charge on any atom is -0.292 e. The summed E-state index contributed by atoms with van der Waals surface area (Å²) >= 11 is 2.43. The minimum atomic E-state index is 0.694. The molecule has 8 rings (SSSR count). The van der Waals surface area contributed by atoms with E-state index in [1.165, 1.54) is 80.9 Å². The fourth-order valence-electron chi connectivity index (χ4n) is 9.60. The van der Waals surface area contributed by atoms with Gasteiger partial charge in [-0.3, -0.25) is 4.90 Å². The molecule has 5 aliphatic rings. The van der Waals surface area contributed by atoms with Crippen LogP contribution in [-0.4, -0.2) is 33.5 Å². The highest BCUT2D eigenvalue weighted by Crippen LogP contribution is 2.59. The van der Waals surface area contributed by atoms with E-state index in [2.05, 4.69) is 83.4 Å². The highest BCUT2D eigenvalue weighted by molar-refractivity contribution is 8.00. The zero-order valence-electron chi connectivity index (χ0n) is 23.4. The molecule has 0 amide bonds. The quantitative estimate of drug-likeness (QED) is 0.329. The van der Waals surface area contributed by atoms with Crippen molar-refractivity contribution < 1.29 is 0 Å². The van der Waals surface area contributed by atoms with Gasteiger partial charge in [-0.25, -0.2) is 0 Å². The Kier molecular flexibility index (Phi) is 6.54. The molecule has 2 aliphatic heterocycles. The van der Waals surface area contributed by atoms with E-state index in [4.69, 9.17) is 5.26 Å². The van der Waals surface area contributed by atoms with Crippen LogP contribution >= 0.6 is 11.8 Å². The molecule has 5 fully saturated rings. The number of nitriles is 1. The molecule has 3 heteroatoms. The van der Waals surface area contributed by atoms with Gasteiger partial charge in [-0.1, -0.05) is 73.9 Å². The van der Waals surface area contributed by atoms with E-state index in [0.717, 1.165) is 46.0 Å². The second-order valence-corrected chi connectivity index (χ2v) is 14.7. The van der Waals surface area contributed by atoms with Crippen molar-refractivity contribution in [3.63, 3.8) is 0 Å². The summed E-state index contributed by atoms with van der Waals surface area (Å²) < 4.78 is 0. The van der Waals surface area contributed by atoms with Crippen LogP contribution in [0.25, 0.3) is 22.3 Å². The van der Waals surface area contributed by atoms with Crippen LogP contribution < -0.4 is 0 Å². The third-order valence-corrected chi connectivity index (χ3v) is 13.0. The normalized spacial score (nSPS) is 34.8. The Hall–Kier alpha value is -2.54. The third kappa shape index (κ3) is 4.26. The lowest BCUT2D eigenvalue weighted by Crippen LogP contribution is -2.59. The first kappa shape index (κ1) is 25.2. The van der Waals surface area contributed by atoms with Crippen LogP contribution in [0.5, 0.6) is 0 Å². The molecule has 3 aromatic carbocycles. The molecule has 204 valence electrons. The number of fused-ring (bicyclic) bond motifs is 5. The fourth-order valence-corrected chi connectivity index (χ4v) is 11.6. The van der Waals surface area contributed by atoms with E-state index in [-0.39, 0.29) is 0 Å². The van der Waals surface area contributed by atoms with Crippen LogP contribution in [0.2, 0.25) is 0 Å². The van der Waals surface area contributed by atoms with Gasteiger partial charge in [0, 0.05) is 28.6 Å². The number of thioether (sulfide) groups is 1. The van der Waals surface area contributed by atoms with Gasteiger partial charge in [0.25, 0.3) is 0 Å². The summed E-state index contributed by atoms with van der Waals surface area (Å²) in [6, 6.07) is 31.2. The first-order valence-electron chi connectivity index (χ1n) is 15.9. The minimum absolute atomic E-state index is 0.694. The van der Waals surface area contributed by atoms with Gasteiger partial charge in [-0.15, -0.1) is 0 Å². The smallest absolute Gasteiger partial charge is 0.0991 e. The highest BCUT2D eigenvalue weighted by Gasteiger charge is 2.59. The van der Waals surface area contributed by atoms with Crippen molar-refractivity contribution in [3.8, 4) is 28.3 Å². The third-order valence-electron chi connectivity index (χ3n) is 11.3. The Morgan fingerprint density at radius 3 is 2.25 bits per heavy atom. The monoisotopic (exact) mass is 544 g/mol. The van der Waals surface area contributed by atoms with Crippen molar-refractivity contribution in [2.75, 3.05) is 0 Å². The van der Waals surface area contributed by atoms with Crippen molar-refractivity contribution in [1.82, 2.24) is 4.90 Å². The van der Waals surface area contributed by atoms with Crippen LogP contribution in [-0.2, 0) is 0 Å². The standard InChI is InChI=1S/C37H40N2S/c38-23-24-14-16-25(17-15-24)26-6-3-7-27(20-26)28-8-4-9-29(21-28)30-18-19-33-32(22-30)31-10-5-13-36-37(31)39(33)34-11-1-2-12-35(34)40-36/h3-4,6-9,14-17,20-21,30-37H,1-2,5,10-13,18-19,22H2. The highest BCUT2D eigenvalue weighted by atomic mass is 32.2. The summed E-state index contributed by atoms with van der Waals surface area (Å²) in [5.41, 5.74) is 7.26. The molecule has 8 unspecified atom stereocenters. The number of hydrogen-bond acceptors (Lipinski definition) is 3. The van der Waals surface area contributed by atoms with Crippen molar-refractivity contribution in [3.05, 3.63) is 83.9 Å². The van der Waals surface area contributed by atoms with Gasteiger partial charge in [0.2, 0.25) is 0 Å². The zero-order chi connectivity index (χ0) is 26.6. The van der Waals surface area contributed by atoms with E-state index in [0.29, 0.717) is 11.5 Å². The molecule has 0 bridgehead atoms. The van der Waals surface area contributed by atoms with Crippen LogP contribution in [0.1, 0.15) is 81.3 Å². The SMILES string of the molecule is N#Cc1ccc(-c2cccc(-c3cccc(C4CCC5C(C4)C4CCCC6SC7CCCCC7N5C64)c3)c2)cc1. The Morgan fingerprint density at radius 1 is 0.650 bits per heavy atom. The largest absolute Gasteiger partial charge is 0.292 e. The Labute approximate surface area is 244 Å². The summed E-state index contributed by atoms with van der Waals surface area (Å²) in [5, 5.41) is 11.0. The fraction of sp³-hybridized carbons (Fsp3) is 0.486. The molecule has 2 nitrogen and oxygen atoms in total. The maximum Gasteiger partial charge on any atom is 0.0991 e. The molecule has 3 saturated carbocycles. The molecule has 40 heavy (non-hydrogen) atoms.